The lowest BCUT2D eigenvalue weighted by molar-refractivity contribution is 0.407. The number of thioether (sulfide) groups is 1. The van der Waals surface area contributed by atoms with Crippen LogP contribution in [0.4, 0.5) is 0 Å². The van der Waals surface area contributed by atoms with Gasteiger partial charge in [-0.25, -0.2) is 0 Å². The molecule has 4 nitrogen and oxygen atoms in total. The quantitative estimate of drug-likeness (QED) is 0.916. The highest BCUT2D eigenvalue weighted by atomic mass is 32.2. The molecule has 1 aromatic heterocycles. The Kier molecular flexibility index (Phi) is 3.61. The van der Waals surface area contributed by atoms with Crippen molar-refractivity contribution in [2.24, 2.45) is 0 Å². The van der Waals surface area contributed by atoms with Crippen LogP contribution in [0.15, 0.2) is 40.1 Å². The third kappa shape index (κ3) is 2.57. The lowest BCUT2D eigenvalue weighted by Crippen LogP contribution is -2.26. The number of rotatable bonds is 4. The molecule has 18 heavy (non-hydrogen) atoms. The Labute approximate surface area is 110 Å². The van der Waals surface area contributed by atoms with Crippen molar-refractivity contribution in [3.63, 3.8) is 0 Å². The lowest BCUT2D eigenvalue weighted by atomic mass is 10.0. The van der Waals surface area contributed by atoms with Crippen molar-refractivity contribution in [3.05, 3.63) is 42.0 Å². The van der Waals surface area contributed by atoms with Gasteiger partial charge in [-0.3, -0.25) is 0 Å². The number of nitrogens with one attached hydrogen (secondary N) is 1. The third-order valence-electron chi connectivity index (χ3n) is 3.10. The molecule has 1 unspecified atom stereocenters. The maximum atomic E-state index is 4.72. The molecule has 0 radical (unpaired) electrons. The molecule has 2 heterocycles. The number of aromatic nitrogens is 2. The van der Waals surface area contributed by atoms with Crippen molar-refractivity contribution in [2.75, 3.05) is 12.3 Å². The van der Waals surface area contributed by atoms with Gasteiger partial charge in [0, 0.05) is 23.9 Å². The molecule has 1 aromatic carbocycles. The number of fused-ring (bicyclic) bond motifs is 1. The second kappa shape index (κ2) is 5.54. The SMILES string of the molecule is c1ccc2c(c1)SCCC2NCCc1ncon1. The number of nitrogens with zero attached hydrogens (tertiary/aromatic N) is 2. The van der Waals surface area contributed by atoms with Gasteiger partial charge in [-0.15, -0.1) is 11.8 Å². The molecule has 0 fully saturated rings. The average Bonchev–Trinajstić information content (AvgIpc) is 2.92. The van der Waals surface area contributed by atoms with Gasteiger partial charge in [0.15, 0.2) is 5.82 Å². The largest absolute Gasteiger partial charge is 0.343 e. The van der Waals surface area contributed by atoms with Gasteiger partial charge < -0.3 is 9.84 Å². The second-order valence-electron chi connectivity index (χ2n) is 4.28. The van der Waals surface area contributed by atoms with Crippen molar-refractivity contribution in [3.8, 4) is 0 Å². The molecule has 0 spiro atoms. The summed E-state index contributed by atoms with van der Waals surface area (Å²) in [6.45, 7) is 0.878. The van der Waals surface area contributed by atoms with Gasteiger partial charge in [0.2, 0.25) is 6.39 Å². The van der Waals surface area contributed by atoms with Gasteiger partial charge in [-0.1, -0.05) is 23.4 Å². The normalized spacial score (nSPS) is 18.6. The van der Waals surface area contributed by atoms with Crippen molar-refractivity contribution in [1.29, 1.82) is 0 Å². The molecule has 0 amide bonds. The summed E-state index contributed by atoms with van der Waals surface area (Å²) in [6, 6.07) is 9.08. The van der Waals surface area contributed by atoms with Crippen molar-refractivity contribution < 1.29 is 4.52 Å². The summed E-state index contributed by atoms with van der Waals surface area (Å²) in [7, 11) is 0. The van der Waals surface area contributed by atoms with E-state index >= 15 is 0 Å². The van der Waals surface area contributed by atoms with Gasteiger partial charge in [0.05, 0.1) is 0 Å². The second-order valence-corrected chi connectivity index (χ2v) is 5.42. The Hall–Kier alpha value is -1.33. The Morgan fingerprint density at radius 2 is 2.33 bits per heavy atom. The molecule has 94 valence electrons. The van der Waals surface area contributed by atoms with E-state index in [1.807, 2.05) is 11.8 Å². The molecule has 1 aliphatic rings. The predicted molar refractivity (Wildman–Crippen MR) is 70.5 cm³/mol. The standard InChI is InChI=1S/C13H15N3OS/c1-2-4-12-10(3-1)11(6-8-18-12)14-7-5-13-15-9-17-16-13/h1-4,9,11,14H,5-8H2. The zero-order chi connectivity index (χ0) is 12.2. The fourth-order valence-electron chi connectivity index (χ4n) is 2.21. The van der Waals surface area contributed by atoms with Crippen LogP contribution in [0.2, 0.25) is 0 Å². The molecule has 1 N–H and O–H groups in total. The minimum atomic E-state index is 0.453. The Morgan fingerprint density at radius 1 is 1.39 bits per heavy atom. The Morgan fingerprint density at radius 3 is 3.22 bits per heavy atom. The molecule has 0 bridgehead atoms. The minimum Gasteiger partial charge on any atom is -0.343 e. The van der Waals surface area contributed by atoms with Crippen molar-refractivity contribution >= 4 is 11.8 Å². The first-order valence-electron chi connectivity index (χ1n) is 6.14. The summed E-state index contributed by atoms with van der Waals surface area (Å²) in [5.74, 6) is 1.94. The van der Waals surface area contributed by atoms with Crippen LogP contribution < -0.4 is 5.32 Å². The monoisotopic (exact) mass is 261 g/mol. The van der Waals surface area contributed by atoms with Crippen LogP contribution in [-0.4, -0.2) is 22.4 Å². The first-order valence-corrected chi connectivity index (χ1v) is 7.12. The topological polar surface area (TPSA) is 51.0 Å². The summed E-state index contributed by atoms with van der Waals surface area (Å²) < 4.78 is 4.72. The van der Waals surface area contributed by atoms with E-state index < -0.39 is 0 Å². The third-order valence-corrected chi connectivity index (χ3v) is 4.23. The van der Waals surface area contributed by atoms with E-state index in [-0.39, 0.29) is 0 Å². The molecule has 1 aliphatic heterocycles. The first-order chi connectivity index (χ1) is 8.93. The van der Waals surface area contributed by atoms with E-state index in [4.69, 9.17) is 4.52 Å². The predicted octanol–water partition coefficient (Wildman–Crippen LogP) is 2.44. The van der Waals surface area contributed by atoms with Gasteiger partial charge in [0.1, 0.15) is 0 Å². The van der Waals surface area contributed by atoms with Gasteiger partial charge in [-0.05, 0) is 23.8 Å². The average molecular weight is 261 g/mol. The summed E-state index contributed by atoms with van der Waals surface area (Å²) in [5.41, 5.74) is 1.42. The molecular weight excluding hydrogens is 246 g/mol. The molecule has 3 rings (SSSR count). The van der Waals surface area contributed by atoms with Crippen LogP contribution in [-0.2, 0) is 6.42 Å². The zero-order valence-electron chi connectivity index (χ0n) is 10.0. The minimum absolute atomic E-state index is 0.453. The van der Waals surface area contributed by atoms with Crippen LogP contribution in [0.1, 0.15) is 23.9 Å². The highest BCUT2D eigenvalue weighted by molar-refractivity contribution is 7.99. The summed E-state index contributed by atoms with van der Waals surface area (Å²) in [5, 5.41) is 7.39. The van der Waals surface area contributed by atoms with Gasteiger partial charge >= 0.3 is 0 Å². The smallest absolute Gasteiger partial charge is 0.213 e. The van der Waals surface area contributed by atoms with Crippen molar-refractivity contribution in [1.82, 2.24) is 15.5 Å². The summed E-state index contributed by atoms with van der Waals surface area (Å²) in [4.78, 5) is 5.42. The lowest BCUT2D eigenvalue weighted by Gasteiger charge is -2.25. The Balaban J connectivity index is 1.60. The van der Waals surface area contributed by atoms with E-state index in [1.54, 1.807) is 0 Å². The van der Waals surface area contributed by atoms with Crippen LogP contribution in [0.25, 0.3) is 0 Å². The number of benzene rings is 1. The van der Waals surface area contributed by atoms with Crippen LogP contribution in [0.5, 0.6) is 0 Å². The molecule has 1 atom stereocenters. The molecule has 2 aromatic rings. The van der Waals surface area contributed by atoms with Crippen molar-refractivity contribution in [2.45, 2.75) is 23.8 Å². The highest BCUT2D eigenvalue weighted by Crippen LogP contribution is 2.35. The van der Waals surface area contributed by atoms with Crippen LogP contribution >= 0.6 is 11.8 Å². The van der Waals surface area contributed by atoms with Crippen LogP contribution in [0, 0.1) is 0 Å². The summed E-state index contributed by atoms with van der Waals surface area (Å²) >= 11 is 1.94. The molecule has 0 saturated heterocycles. The van der Waals surface area contributed by atoms with Crippen LogP contribution in [0.3, 0.4) is 0 Å². The molecular formula is C13H15N3OS. The van der Waals surface area contributed by atoms with E-state index in [2.05, 4.69) is 39.7 Å². The zero-order valence-corrected chi connectivity index (χ0v) is 10.8. The fourth-order valence-corrected chi connectivity index (χ4v) is 3.34. The van der Waals surface area contributed by atoms with E-state index in [0.717, 1.165) is 18.8 Å². The van der Waals surface area contributed by atoms with E-state index in [1.165, 1.54) is 29.0 Å². The number of hydrogen-bond donors (Lipinski definition) is 1. The van der Waals surface area contributed by atoms with Gasteiger partial charge in [0.25, 0.3) is 0 Å². The first kappa shape index (κ1) is 11.7. The Bertz CT molecular complexity index is 501. The van der Waals surface area contributed by atoms with Gasteiger partial charge in [-0.2, -0.15) is 4.98 Å². The van der Waals surface area contributed by atoms with E-state index in [0.29, 0.717) is 6.04 Å². The fraction of sp³-hybridized carbons (Fsp3) is 0.385. The summed E-state index contributed by atoms with van der Waals surface area (Å²) in [6.07, 6.45) is 3.36. The molecule has 5 heteroatoms. The highest BCUT2D eigenvalue weighted by Gasteiger charge is 2.19. The number of hydrogen-bond acceptors (Lipinski definition) is 5. The maximum absolute atomic E-state index is 4.72. The molecule has 0 saturated carbocycles. The molecule has 0 aliphatic carbocycles. The van der Waals surface area contributed by atoms with E-state index in [9.17, 15) is 0 Å². The maximum Gasteiger partial charge on any atom is 0.213 e.